The molecule has 27 heavy (non-hydrogen) atoms. The Morgan fingerprint density at radius 3 is 2.63 bits per heavy atom. The second-order valence-corrected chi connectivity index (χ2v) is 6.64. The Labute approximate surface area is 159 Å². The molecule has 140 valence electrons. The van der Waals surface area contributed by atoms with Crippen LogP contribution in [0, 0.1) is 19.7 Å². The molecule has 0 aliphatic heterocycles. The first-order valence-electron chi connectivity index (χ1n) is 9.10. The third kappa shape index (κ3) is 4.25. The van der Waals surface area contributed by atoms with Gasteiger partial charge in [-0.1, -0.05) is 18.2 Å². The Morgan fingerprint density at radius 2 is 1.96 bits per heavy atom. The summed E-state index contributed by atoms with van der Waals surface area (Å²) in [5.41, 5.74) is 4.35. The van der Waals surface area contributed by atoms with Gasteiger partial charge < -0.3 is 9.47 Å². The zero-order valence-electron chi connectivity index (χ0n) is 15.9. The zero-order chi connectivity index (χ0) is 19.4. The van der Waals surface area contributed by atoms with Crippen molar-refractivity contribution in [2.24, 2.45) is 0 Å². The number of hydrogen-bond donors (Lipinski definition) is 0. The van der Waals surface area contributed by atoms with Crippen molar-refractivity contribution in [1.82, 2.24) is 14.5 Å². The first kappa shape index (κ1) is 18.8. The summed E-state index contributed by atoms with van der Waals surface area (Å²) in [6.45, 7) is 7.46. The van der Waals surface area contributed by atoms with Gasteiger partial charge in [0.15, 0.2) is 0 Å². The largest absolute Gasteiger partial charge is 0.342 e. The topological polar surface area (TPSA) is 38.1 Å². The SMILES string of the molecule is CCN(Cc1cccc(F)c1)C(=O)c1cc(C)n(Cc2ccccn2)c1C. The third-order valence-electron chi connectivity index (χ3n) is 4.78. The molecular formula is C22H24FN3O. The van der Waals surface area contributed by atoms with Crippen LogP contribution in [-0.4, -0.2) is 26.9 Å². The van der Waals surface area contributed by atoms with Crippen LogP contribution in [0.1, 0.15) is 39.9 Å². The molecule has 1 amide bonds. The summed E-state index contributed by atoms with van der Waals surface area (Å²) < 4.78 is 15.6. The zero-order valence-corrected chi connectivity index (χ0v) is 15.9. The lowest BCUT2D eigenvalue weighted by Gasteiger charge is -2.21. The maximum absolute atomic E-state index is 13.5. The van der Waals surface area contributed by atoms with Crippen LogP contribution in [0.2, 0.25) is 0 Å². The van der Waals surface area contributed by atoms with Crippen molar-refractivity contribution in [2.45, 2.75) is 33.9 Å². The van der Waals surface area contributed by atoms with E-state index in [2.05, 4.69) is 9.55 Å². The van der Waals surface area contributed by atoms with Gasteiger partial charge in [0.2, 0.25) is 0 Å². The maximum atomic E-state index is 13.5. The monoisotopic (exact) mass is 365 g/mol. The number of amides is 1. The number of carbonyl (C=O) groups excluding carboxylic acids is 1. The highest BCUT2D eigenvalue weighted by Gasteiger charge is 2.21. The molecule has 0 radical (unpaired) electrons. The molecule has 0 N–H and O–H groups in total. The first-order valence-corrected chi connectivity index (χ1v) is 9.10. The quantitative estimate of drug-likeness (QED) is 0.651. The van der Waals surface area contributed by atoms with Gasteiger partial charge in [-0.2, -0.15) is 0 Å². The Bertz CT molecular complexity index is 934. The average molecular weight is 365 g/mol. The van der Waals surface area contributed by atoms with Crippen molar-refractivity contribution in [1.29, 1.82) is 0 Å². The molecule has 2 heterocycles. The molecule has 0 fully saturated rings. The Balaban J connectivity index is 1.84. The summed E-state index contributed by atoms with van der Waals surface area (Å²) in [5, 5.41) is 0. The molecule has 1 aromatic carbocycles. The summed E-state index contributed by atoms with van der Waals surface area (Å²) >= 11 is 0. The summed E-state index contributed by atoms with van der Waals surface area (Å²) in [6.07, 6.45) is 1.77. The van der Waals surface area contributed by atoms with Crippen molar-refractivity contribution in [3.63, 3.8) is 0 Å². The number of hydrogen-bond acceptors (Lipinski definition) is 2. The summed E-state index contributed by atoms with van der Waals surface area (Å²) in [7, 11) is 0. The standard InChI is InChI=1S/C22H24FN3O/c1-4-25(14-18-8-7-9-19(23)13-18)22(27)21-12-16(2)26(17(21)3)15-20-10-5-6-11-24-20/h5-13H,4,14-15H2,1-3H3. The molecule has 0 atom stereocenters. The van der Waals surface area contributed by atoms with Gasteiger partial charge in [0, 0.05) is 30.7 Å². The summed E-state index contributed by atoms with van der Waals surface area (Å²) in [5.74, 6) is -0.327. The van der Waals surface area contributed by atoms with Crippen molar-refractivity contribution >= 4 is 5.91 Å². The average Bonchev–Trinajstić information content (AvgIpc) is 2.95. The minimum Gasteiger partial charge on any atom is -0.342 e. The molecule has 4 nitrogen and oxygen atoms in total. The number of nitrogens with zero attached hydrogens (tertiary/aromatic N) is 3. The highest BCUT2D eigenvalue weighted by atomic mass is 19.1. The number of aryl methyl sites for hydroxylation is 1. The highest BCUT2D eigenvalue weighted by Crippen LogP contribution is 2.20. The van der Waals surface area contributed by atoms with Crippen molar-refractivity contribution < 1.29 is 9.18 Å². The van der Waals surface area contributed by atoms with E-state index < -0.39 is 0 Å². The highest BCUT2D eigenvalue weighted by molar-refractivity contribution is 5.95. The van der Waals surface area contributed by atoms with Crippen LogP contribution in [0.15, 0.2) is 54.7 Å². The predicted molar refractivity (Wildman–Crippen MR) is 104 cm³/mol. The van der Waals surface area contributed by atoms with Crippen LogP contribution in [0.4, 0.5) is 4.39 Å². The van der Waals surface area contributed by atoms with Gasteiger partial charge in [-0.25, -0.2) is 4.39 Å². The lowest BCUT2D eigenvalue weighted by atomic mass is 10.1. The van der Waals surface area contributed by atoms with Gasteiger partial charge >= 0.3 is 0 Å². The van der Waals surface area contributed by atoms with E-state index in [1.165, 1.54) is 12.1 Å². The molecular weight excluding hydrogens is 341 g/mol. The normalized spacial score (nSPS) is 10.8. The second-order valence-electron chi connectivity index (χ2n) is 6.64. The lowest BCUT2D eigenvalue weighted by Crippen LogP contribution is -2.30. The van der Waals surface area contributed by atoms with Gasteiger partial charge in [0.1, 0.15) is 5.82 Å². The van der Waals surface area contributed by atoms with E-state index in [0.717, 1.165) is 22.6 Å². The van der Waals surface area contributed by atoms with E-state index >= 15 is 0 Å². The Kier molecular flexibility index (Phi) is 5.69. The van der Waals surface area contributed by atoms with Crippen LogP contribution in [0.25, 0.3) is 0 Å². The number of aromatic nitrogens is 2. The number of rotatable bonds is 6. The van der Waals surface area contributed by atoms with Gasteiger partial charge in [0.25, 0.3) is 5.91 Å². The number of benzene rings is 1. The predicted octanol–water partition coefficient (Wildman–Crippen LogP) is 4.35. The fraction of sp³-hybridized carbons (Fsp3) is 0.273. The maximum Gasteiger partial charge on any atom is 0.255 e. The van der Waals surface area contributed by atoms with Gasteiger partial charge in [-0.05, 0) is 56.7 Å². The molecule has 0 unspecified atom stereocenters. The van der Waals surface area contributed by atoms with Crippen LogP contribution >= 0.6 is 0 Å². The van der Waals surface area contributed by atoms with Crippen molar-refractivity contribution in [3.8, 4) is 0 Å². The van der Waals surface area contributed by atoms with E-state index in [1.807, 2.05) is 51.1 Å². The number of pyridine rings is 1. The molecule has 5 heteroatoms. The smallest absolute Gasteiger partial charge is 0.255 e. The molecule has 2 aromatic heterocycles. The summed E-state index contributed by atoms with van der Waals surface area (Å²) in [4.78, 5) is 19.2. The molecule has 3 rings (SSSR count). The minimum atomic E-state index is -0.287. The second kappa shape index (κ2) is 8.16. The fourth-order valence-corrected chi connectivity index (χ4v) is 3.27. The van der Waals surface area contributed by atoms with Crippen LogP contribution < -0.4 is 0 Å². The summed E-state index contributed by atoms with van der Waals surface area (Å²) in [6, 6.07) is 14.1. The van der Waals surface area contributed by atoms with Crippen molar-refractivity contribution in [3.05, 3.63) is 88.8 Å². The van der Waals surface area contributed by atoms with Crippen LogP contribution in [-0.2, 0) is 13.1 Å². The lowest BCUT2D eigenvalue weighted by molar-refractivity contribution is 0.0751. The van der Waals surface area contributed by atoms with E-state index in [9.17, 15) is 9.18 Å². The molecule has 0 spiro atoms. The molecule has 0 saturated carbocycles. The molecule has 0 aliphatic rings. The van der Waals surface area contributed by atoms with E-state index in [1.54, 1.807) is 17.2 Å². The number of carbonyl (C=O) groups is 1. The first-order chi connectivity index (χ1) is 13.0. The molecule has 3 aromatic rings. The van der Waals surface area contributed by atoms with Crippen LogP contribution in [0.3, 0.4) is 0 Å². The molecule has 0 saturated heterocycles. The molecule has 0 aliphatic carbocycles. The van der Waals surface area contributed by atoms with Crippen molar-refractivity contribution in [2.75, 3.05) is 6.54 Å². The van der Waals surface area contributed by atoms with Gasteiger partial charge in [0.05, 0.1) is 17.8 Å². The fourth-order valence-electron chi connectivity index (χ4n) is 3.27. The Morgan fingerprint density at radius 1 is 1.15 bits per heavy atom. The van der Waals surface area contributed by atoms with E-state index in [0.29, 0.717) is 25.2 Å². The Hall–Kier alpha value is -2.95. The third-order valence-corrected chi connectivity index (χ3v) is 4.78. The number of halogens is 1. The molecule has 0 bridgehead atoms. The van der Waals surface area contributed by atoms with Crippen LogP contribution in [0.5, 0.6) is 0 Å². The van der Waals surface area contributed by atoms with Gasteiger partial charge in [-0.3, -0.25) is 9.78 Å². The van der Waals surface area contributed by atoms with Gasteiger partial charge in [-0.15, -0.1) is 0 Å². The minimum absolute atomic E-state index is 0.0397. The van der Waals surface area contributed by atoms with E-state index in [4.69, 9.17) is 0 Å². The van der Waals surface area contributed by atoms with E-state index in [-0.39, 0.29) is 11.7 Å².